The Morgan fingerprint density at radius 3 is 2.56 bits per heavy atom. The molecule has 0 bridgehead atoms. The van der Waals surface area contributed by atoms with Crippen molar-refractivity contribution in [1.29, 1.82) is 0 Å². The second-order valence-electron chi connectivity index (χ2n) is 6.26. The maximum absolute atomic E-state index is 10.0. The fourth-order valence-corrected chi connectivity index (χ4v) is 3.15. The van der Waals surface area contributed by atoms with E-state index in [9.17, 15) is 5.11 Å². The number of hydrogen-bond acceptors (Lipinski definition) is 2. The standard InChI is InChI=1S/C14H27NO/c1-10-4-7-14(16)13(8-10)9-15(3)11(2)12-5-6-12/h10-14,16H,4-9H2,1-3H3. The van der Waals surface area contributed by atoms with Gasteiger partial charge in [-0.05, 0) is 63.8 Å². The molecule has 94 valence electrons. The van der Waals surface area contributed by atoms with Crippen LogP contribution in [0, 0.1) is 17.8 Å². The highest BCUT2D eigenvalue weighted by atomic mass is 16.3. The lowest BCUT2D eigenvalue weighted by Gasteiger charge is -2.36. The van der Waals surface area contributed by atoms with Crippen molar-refractivity contribution in [3.8, 4) is 0 Å². The summed E-state index contributed by atoms with van der Waals surface area (Å²) in [6.45, 7) is 5.75. The minimum absolute atomic E-state index is 0.0509. The second-order valence-corrected chi connectivity index (χ2v) is 6.26. The predicted molar refractivity (Wildman–Crippen MR) is 67.3 cm³/mol. The van der Waals surface area contributed by atoms with E-state index in [4.69, 9.17) is 0 Å². The lowest BCUT2D eigenvalue weighted by molar-refractivity contribution is 0.0274. The maximum atomic E-state index is 10.0. The van der Waals surface area contributed by atoms with Gasteiger partial charge in [0.15, 0.2) is 0 Å². The van der Waals surface area contributed by atoms with Crippen LogP contribution in [-0.2, 0) is 0 Å². The molecule has 0 aromatic rings. The van der Waals surface area contributed by atoms with Gasteiger partial charge in [0.25, 0.3) is 0 Å². The Morgan fingerprint density at radius 1 is 1.25 bits per heavy atom. The molecule has 2 heteroatoms. The first-order valence-corrected chi connectivity index (χ1v) is 6.96. The molecule has 0 aromatic heterocycles. The van der Waals surface area contributed by atoms with Gasteiger partial charge in [-0.1, -0.05) is 6.92 Å². The fraction of sp³-hybridized carbons (Fsp3) is 1.00. The van der Waals surface area contributed by atoms with E-state index in [0.29, 0.717) is 12.0 Å². The third kappa shape index (κ3) is 2.98. The molecule has 0 aliphatic heterocycles. The van der Waals surface area contributed by atoms with E-state index in [0.717, 1.165) is 24.8 Å². The van der Waals surface area contributed by atoms with Gasteiger partial charge in [-0.2, -0.15) is 0 Å². The average molecular weight is 225 g/mol. The van der Waals surface area contributed by atoms with Crippen LogP contribution in [0.1, 0.15) is 46.0 Å². The van der Waals surface area contributed by atoms with Crippen molar-refractivity contribution in [2.75, 3.05) is 13.6 Å². The third-order valence-corrected chi connectivity index (χ3v) is 4.73. The van der Waals surface area contributed by atoms with Crippen LogP contribution in [0.25, 0.3) is 0 Å². The van der Waals surface area contributed by atoms with E-state index >= 15 is 0 Å². The molecule has 4 unspecified atom stereocenters. The Balaban J connectivity index is 1.82. The molecule has 4 atom stereocenters. The van der Waals surface area contributed by atoms with Crippen molar-refractivity contribution >= 4 is 0 Å². The Morgan fingerprint density at radius 2 is 1.94 bits per heavy atom. The highest BCUT2D eigenvalue weighted by molar-refractivity contribution is 4.87. The SMILES string of the molecule is CC1CCC(O)C(CN(C)C(C)C2CC2)C1. The molecule has 2 aliphatic carbocycles. The predicted octanol–water partition coefficient (Wildman–Crippen LogP) is 2.51. The van der Waals surface area contributed by atoms with Crippen molar-refractivity contribution < 1.29 is 5.11 Å². The molecule has 0 aromatic carbocycles. The second kappa shape index (κ2) is 5.05. The van der Waals surface area contributed by atoms with Crippen LogP contribution < -0.4 is 0 Å². The van der Waals surface area contributed by atoms with E-state index in [-0.39, 0.29) is 6.10 Å². The quantitative estimate of drug-likeness (QED) is 0.794. The van der Waals surface area contributed by atoms with Gasteiger partial charge in [0, 0.05) is 12.6 Å². The van der Waals surface area contributed by atoms with Gasteiger partial charge in [0.05, 0.1) is 6.10 Å². The number of nitrogens with zero attached hydrogens (tertiary/aromatic N) is 1. The smallest absolute Gasteiger partial charge is 0.0580 e. The van der Waals surface area contributed by atoms with Crippen LogP contribution in [0.5, 0.6) is 0 Å². The zero-order chi connectivity index (χ0) is 11.7. The monoisotopic (exact) mass is 225 g/mol. The summed E-state index contributed by atoms with van der Waals surface area (Å²) in [6, 6.07) is 0.712. The first-order valence-electron chi connectivity index (χ1n) is 6.96. The molecule has 2 rings (SSSR count). The molecule has 2 aliphatic rings. The van der Waals surface area contributed by atoms with Crippen molar-refractivity contribution in [3.05, 3.63) is 0 Å². The minimum atomic E-state index is -0.0509. The van der Waals surface area contributed by atoms with Gasteiger partial charge in [-0.15, -0.1) is 0 Å². The van der Waals surface area contributed by atoms with Crippen LogP contribution in [0.2, 0.25) is 0 Å². The first-order chi connectivity index (χ1) is 7.58. The molecule has 0 radical (unpaired) electrons. The molecule has 2 nitrogen and oxygen atoms in total. The zero-order valence-electron chi connectivity index (χ0n) is 11.0. The van der Waals surface area contributed by atoms with E-state index in [1.807, 2.05) is 0 Å². The van der Waals surface area contributed by atoms with Crippen molar-refractivity contribution in [1.82, 2.24) is 4.90 Å². The van der Waals surface area contributed by atoms with Crippen LogP contribution in [0.15, 0.2) is 0 Å². The normalized spacial score (nSPS) is 37.7. The van der Waals surface area contributed by atoms with Crippen LogP contribution in [-0.4, -0.2) is 35.7 Å². The minimum Gasteiger partial charge on any atom is -0.393 e. The van der Waals surface area contributed by atoms with Gasteiger partial charge in [-0.25, -0.2) is 0 Å². The summed E-state index contributed by atoms with van der Waals surface area (Å²) in [4.78, 5) is 2.48. The van der Waals surface area contributed by atoms with Gasteiger partial charge >= 0.3 is 0 Å². The zero-order valence-corrected chi connectivity index (χ0v) is 11.0. The van der Waals surface area contributed by atoms with E-state index < -0.39 is 0 Å². The Labute approximate surface area is 100 Å². The molecule has 0 spiro atoms. The van der Waals surface area contributed by atoms with Gasteiger partial charge in [0.1, 0.15) is 0 Å². The summed E-state index contributed by atoms with van der Waals surface area (Å²) < 4.78 is 0. The van der Waals surface area contributed by atoms with E-state index in [1.54, 1.807) is 0 Å². The summed E-state index contributed by atoms with van der Waals surface area (Å²) >= 11 is 0. The molecule has 16 heavy (non-hydrogen) atoms. The first kappa shape index (κ1) is 12.4. The Kier molecular flexibility index (Phi) is 3.91. The fourth-order valence-electron chi connectivity index (χ4n) is 3.15. The summed E-state index contributed by atoms with van der Waals surface area (Å²) in [5.41, 5.74) is 0. The largest absolute Gasteiger partial charge is 0.393 e. The highest BCUT2D eigenvalue weighted by Crippen LogP contribution is 2.36. The number of hydrogen-bond donors (Lipinski definition) is 1. The topological polar surface area (TPSA) is 23.5 Å². The lowest BCUT2D eigenvalue weighted by Crippen LogP contribution is -2.41. The molecule has 0 amide bonds. The molecule has 0 heterocycles. The van der Waals surface area contributed by atoms with Crippen molar-refractivity contribution in [2.24, 2.45) is 17.8 Å². The van der Waals surface area contributed by atoms with Crippen LogP contribution in [0.4, 0.5) is 0 Å². The van der Waals surface area contributed by atoms with Gasteiger partial charge in [0.2, 0.25) is 0 Å². The summed E-state index contributed by atoms with van der Waals surface area (Å²) in [5, 5.41) is 10.0. The summed E-state index contributed by atoms with van der Waals surface area (Å²) in [7, 11) is 2.23. The lowest BCUT2D eigenvalue weighted by atomic mass is 9.80. The molecular weight excluding hydrogens is 198 g/mol. The maximum Gasteiger partial charge on any atom is 0.0580 e. The number of aliphatic hydroxyl groups excluding tert-OH is 1. The number of rotatable bonds is 4. The molecule has 2 fully saturated rings. The third-order valence-electron chi connectivity index (χ3n) is 4.73. The van der Waals surface area contributed by atoms with Gasteiger partial charge < -0.3 is 10.0 Å². The Bertz CT molecular complexity index is 227. The van der Waals surface area contributed by atoms with Crippen molar-refractivity contribution in [2.45, 2.75) is 58.1 Å². The van der Waals surface area contributed by atoms with Crippen molar-refractivity contribution in [3.63, 3.8) is 0 Å². The highest BCUT2D eigenvalue weighted by Gasteiger charge is 2.33. The van der Waals surface area contributed by atoms with Crippen LogP contribution in [0.3, 0.4) is 0 Å². The van der Waals surface area contributed by atoms with E-state index in [2.05, 4.69) is 25.8 Å². The number of aliphatic hydroxyl groups is 1. The van der Waals surface area contributed by atoms with E-state index in [1.165, 1.54) is 25.7 Å². The molecule has 0 saturated heterocycles. The summed E-state index contributed by atoms with van der Waals surface area (Å²) in [6.07, 6.45) is 6.20. The summed E-state index contributed by atoms with van der Waals surface area (Å²) in [5.74, 6) is 2.25. The Hall–Kier alpha value is -0.0800. The molecule has 2 saturated carbocycles. The van der Waals surface area contributed by atoms with Gasteiger partial charge in [-0.3, -0.25) is 0 Å². The average Bonchev–Trinajstić information content (AvgIpc) is 3.06. The molecular formula is C14H27NO. The van der Waals surface area contributed by atoms with Crippen LogP contribution >= 0.6 is 0 Å². The molecule has 1 N–H and O–H groups in total.